The second-order valence-corrected chi connectivity index (χ2v) is 22.9. The first-order chi connectivity index (χ1) is 40.1. The number of hydrogen-bond donors (Lipinski definition) is 1. The van der Waals surface area contributed by atoms with Gasteiger partial charge < -0.3 is 57.9 Å². The standard InChI is InChI=1S/C34H38Cl2N2O5.C31H34Cl2N2O5/c1-3-21-40-28-12-7-25(8-13-28)5-4-6-33(39)38-19-17-37(18-20-38)27-10-14-29(15-11-27)41-23-30-24-42-34(2,43-30)31-16-9-26(35)22-32(31)36;1-31(28-14-7-23(32)19-29(28)33)39-21-27(40-31)20-38-26-12-8-24(9-13-26)34-15-17-35(18-16-34)30(37)4-2-3-22-5-10-25(36)11-6-22/h3,7-16,22,30H,1,4-6,17-21,23-24H2,2H3;5-14,19,27,36H,2-4,15-18,20-21H2,1H3/t30-,34+;27-,31+/m11/s1. The van der Waals surface area contributed by atoms with Gasteiger partial charge in [0, 0.05) is 97.7 Å². The maximum Gasteiger partial charge on any atom is 0.222 e. The third kappa shape index (κ3) is 17.0. The van der Waals surface area contributed by atoms with Crippen LogP contribution in [0, 0.1) is 0 Å². The van der Waals surface area contributed by atoms with Crippen molar-refractivity contribution in [1.82, 2.24) is 9.80 Å². The molecule has 0 bridgehead atoms. The SMILES string of the molecule is C=CCOc1ccc(CCCC(=O)N2CCN(c3ccc(OC[C@@H]4CO[C@](C)(c5ccc(Cl)cc5Cl)O4)cc3)CC2)cc1.C[C@]1(c2ccc(Cl)cc2Cl)OC[C@@H](COc2ccc(N3CCN(C(=O)CCCc4ccc(O)cc4)CC3)cc2)O1. The molecule has 0 aromatic heterocycles. The van der Waals surface area contributed by atoms with Gasteiger partial charge in [-0.2, -0.15) is 0 Å². The number of hydrogen-bond acceptors (Lipinski definition) is 12. The summed E-state index contributed by atoms with van der Waals surface area (Å²) >= 11 is 24.8. The fourth-order valence-corrected chi connectivity index (χ4v) is 11.7. The molecule has 0 aliphatic carbocycles. The summed E-state index contributed by atoms with van der Waals surface area (Å²) in [4.78, 5) is 34.0. The van der Waals surface area contributed by atoms with Crippen LogP contribution in [0.4, 0.5) is 11.4 Å². The number of phenolic OH excluding ortho intramolecular Hbond substituents is 1. The maximum absolute atomic E-state index is 12.8. The minimum absolute atomic E-state index is 0.203. The highest BCUT2D eigenvalue weighted by molar-refractivity contribution is 6.35. The average molecular weight is 1210 g/mol. The van der Waals surface area contributed by atoms with Gasteiger partial charge in [0.25, 0.3) is 0 Å². The van der Waals surface area contributed by atoms with Crippen LogP contribution < -0.4 is 24.0 Å². The van der Waals surface area contributed by atoms with Gasteiger partial charge in [-0.05, 0) is 148 Å². The molecule has 10 rings (SSSR count). The topological polar surface area (TPSA) is 132 Å². The number of anilines is 2. The first-order valence-corrected chi connectivity index (χ1v) is 29.8. The van der Waals surface area contributed by atoms with Crippen molar-refractivity contribution in [2.75, 3.05) is 95.2 Å². The Morgan fingerprint density at radius 3 is 1.34 bits per heavy atom. The Labute approximate surface area is 507 Å². The number of phenols is 1. The number of nitrogens with zero attached hydrogens (tertiary/aromatic N) is 4. The molecule has 1 N–H and O–H groups in total. The Balaban J connectivity index is 0.000000200. The van der Waals surface area contributed by atoms with Crippen LogP contribution in [-0.4, -0.2) is 124 Å². The molecule has 0 saturated carbocycles. The molecule has 4 aliphatic heterocycles. The van der Waals surface area contributed by atoms with Crippen LogP contribution in [-0.2, 0) is 53.0 Å². The smallest absolute Gasteiger partial charge is 0.222 e. The van der Waals surface area contributed by atoms with E-state index in [1.807, 2.05) is 96.4 Å². The molecule has 4 fully saturated rings. The van der Waals surface area contributed by atoms with Crippen LogP contribution in [0.15, 0.2) is 146 Å². The summed E-state index contributed by atoms with van der Waals surface area (Å²) in [6, 6.07) is 41.9. The molecule has 14 nitrogen and oxygen atoms in total. The van der Waals surface area contributed by atoms with Crippen molar-refractivity contribution in [3.8, 4) is 23.0 Å². The van der Waals surface area contributed by atoms with Gasteiger partial charge in [-0.3, -0.25) is 9.59 Å². The highest BCUT2D eigenvalue weighted by Crippen LogP contribution is 2.40. The van der Waals surface area contributed by atoms with Crippen molar-refractivity contribution in [3.05, 3.63) is 188 Å². The third-order valence-corrected chi connectivity index (χ3v) is 16.3. The number of carbonyl (C=O) groups excluding carboxylic acids is 2. The quantitative estimate of drug-likeness (QED) is 0.0688. The molecule has 4 aliphatic rings. The molecule has 83 heavy (non-hydrogen) atoms. The van der Waals surface area contributed by atoms with E-state index in [2.05, 4.69) is 40.6 Å². The molecule has 0 spiro atoms. The predicted molar refractivity (Wildman–Crippen MR) is 327 cm³/mol. The van der Waals surface area contributed by atoms with Crippen LogP contribution in [0.3, 0.4) is 0 Å². The minimum Gasteiger partial charge on any atom is -0.508 e. The third-order valence-electron chi connectivity index (χ3n) is 15.2. The van der Waals surface area contributed by atoms with Gasteiger partial charge in [0.05, 0.1) is 23.3 Å². The molecule has 18 heteroatoms. The van der Waals surface area contributed by atoms with Crippen LogP contribution in [0.2, 0.25) is 20.1 Å². The minimum atomic E-state index is -0.949. The maximum atomic E-state index is 12.8. The summed E-state index contributed by atoms with van der Waals surface area (Å²) in [6.07, 6.45) is 5.70. The van der Waals surface area contributed by atoms with Crippen LogP contribution in [0.1, 0.15) is 61.8 Å². The monoisotopic (exact) mass is 1210 g/mol. The van der Waals surface area contributed by atoms with Gasteiger partial charge in [0.15, 0.2) is 11.6 Å². The van der Waals surface area contributed by atoms with Gasteiger partial charge in [-0.25, -0.2) is 0 Å². The number of piperazine rings is 2. The number of rotatable bonds is 21. The molecule has 4 heterocycles. The van der Waals surface area contributed by atoms with E-state index in [9.17, 15) is 14.7 Å². The van der Waals surface area contributed by atoms with E-state index in [1.54, 1.807) is 42.5 Å². The Hall–Kier alpha value is -6.20. The summed E-state index contributed by atoms with van der Waals surface area (Å²) in [6.45, 7) is 15.4. The Morgan fingerprint density at radius 2 is 0.940 bits per heavy atom. The first kappa shape index (κ1) is 61.4. The van der Waals surface area contributed by atoms with E-state index in [-0.39, 0.29) is 29.8 Å². The lowest BCUT2D eigenvalue weighted by atomic mass is 10.1. The Bertz CT molecular complexity index is 3090. The lowest BCUT2D eigenvalue weighted by Crippen LogP contribution is -2.48. The van der Waals surface area contributed by atoms with Crippen molar-refractivity contribution in [2.24, 2.45) is 0 Å². The second-order valence-electron chi connectivity index (χ2n) is 21.2. The fraction of sp³-hybridized carbons (Fsp3) is 0.385. The van der Waals surface area contributed by atoms with E-state index >= 15 is 0 Å². The zero-order valence-corrected chi connectivity index (χ0v) is 50.0. The van der Waals surface area contributed by atoms with Gasteiger partial charge in [-0.1, -0.05) is 95.5 Å². The van der Waals surface area contributed by atoms with Crippen LogP contribution in [0.5, 0.6) is 23.0 Å². The molecule has 0 unspecified atom stereocenters. The summed E-state index contributed by atoms with van der Waals surface area (Å²) in [5.74, 6) is 1.14. The largest absolute Gasteiger partial charge is 0.508 e. The number of aryl methyl sites for hydroxylation is 2. The van der Waals surface area contributed by atoms with Gasteiger partial charge in [-0.15, -0.1) is 0 Å². The van der Waals surface area contributed by atoms with E-state index in [0.717, 1.165) is 110 Å². The molecule has 4 saturated heterocycles. The number of halogens is 4. The number of aromatic hydroxyl groups is 1. The lowest BCUT2D eigenvalue weighted by Gasteiger charge is -2.36. The average Bonchev–Trinajstić information content (AvgIpc) is 4.16. The van der Waals surface area contributed by atoms with Gasteiger partial charge >= 0.3 is 0 Å². The number of carbonyl (C=O) groups is 2. The number of benzene rings is 6. The zero-order chi connectivity index (χ0) is 58.3. The molecular formula is C65H72Cl4N4O10. The van der Waals surface area contributed by atoms with E-state index < -0.39 is 11.6 Å². The lowest BCUT2D eigenvalue weighted by molar-refractivity contribution is -0.164. The Morgan fingerprint density at radius 1 is 0.554 bits per heavy atom. The molecule has 6 aromatic carbocycles. The van der Waals surface area contributed by atoms with Gasteiger partial charge in [0.1, 0.15) is 55.0 Å². The van der Waals surface area contributed by atoms with Gasteiger partial charge in [0.2, 0.25) is 11.8 Å². The molecule has 440 valence electrons. The first-order valence-electron chi connectivity index (χ1n) is 28.3. The van der Waals surface area contributed by atoms with E-state index in [1.165, 1.54) is 5.56 Å². The second kappa shape index (κ2) is 29.1. The van der Waals surface area contributed by atoms with Crippen molar-refractivity contribution >= 4 is 69.6 Å². The fourth-order valence-electron chi connectivity index (χ4n) is 10.5. The molecular weight excluding hydrogens is 1140 g/mol. The van der Waals surface area contributed by atoms with Crippen molar-refractivity contribution in [2.45, 2.75) is 76.2 Å². The van der Waals surface area contributed by atoms with Crippen molar-refractivity contribution in [3.63, 3.8) is 0 Å². The van der Waals surface area contributed by atoms with E-state index in [0.29, 0.717) is 79.1 Å². The van der Waals surface area contributed by atoms with Crippen LogP contribution in [0.25, 0.3) is 0 Å². The number of ether oxygens (including phenoxy) is 7. The van der Waals surface area contributed by atoms with Crippen molar-refractivity contribution < 1.29 is 47.9 Å². The normalized spacial score (nSPS) is 20.6. The molecule has 0 radical (unpaired) electrons. The van der Waals surface area contributed by atoms with E-state index in [4.69, 9.17) is 79.6 Å². The number of amides is 2. The molecule has 6 aromatic rings. The highest BCUT2D eigenvalue weighted by atomic mass is 35.5. The van der Waals surface area contributed by atoms with Crippen LogP contribution >= 0.6 is 46.4 Å². The summed E-state index contributed by atoms with van der Waals surface area (Å²) in [7, 11) is 0. The summed E-state index contributed by atoms with van der Waals surface area (Å²) in [5.41, 5.74) is 6.04. The molecule has 4 atom stereocenters. The van der Waals surface area contributed by atoms with Crippen molar-refractivity contribution in [1.29, 1.82) is 0 Å². The summed E-state index contributed by atoms with van der Waals surface area (Å²) < 4.78 is 41.8. The molecule has 2 amide bonds. The summed E-state index contributed by atoms with van der Waals surface area (Å²) in [5, 5.41) is 11.5. The Kier molecular flexibility index (Phi) is 21.5. The predicted octanol–water partition coefficient (Wildman–Crippen LogP) is 12.9. The highest BCUT2D eigenvalue weighted by Gasteiger charge is 2.42. The zero-order valence-electron chi connectivity index (χ0n) is 47.0.